The summed E-state index contributed by atoms with van der Waals surface area (Å²) in [4.78, 5) is 1.36. The zero-order valence-corrected chi connectivity index (χ0v) is 11.3. The van der Waals surface area contributed by atoms with E-state index in [2.05, 4.69) is 37.6 Å². The van der Waals surface area contributed by atoms with Crippen molar-refractivity contribution < 1.29 is 0 Å². The average Bonchev–Trinajstić information content (AvgIpc) is 2.65. The highest BCUT2D eigenvalue weighted by molar-refractivity contribution is 7.99. The standard InChI is InChI=1S/C11H20N2S2/c1-4-8(2)15-7-11(13-12)10-5-6-14-9(10)3/h5-6,8,11,13H,4,7,12H2,1-3H3. The first-order valence-electron chi connectivity index (χ1n) is 5.30. The third-order valence-electron chi connectivity index (χ3n) is 2.60. The van der Waals surface area contributed by atoms with E-state index in [1.54, 1.807) is 11.3 Å². The summed E-state index contributed by atoms with van der Waals surface area (Å²) in [6.45, 7) is 6.63. The molecule has 0 saturated carbocycles. The molecule has 1 rings (SSSR count). The van der Waals surface area contributed by atoms with Gasteiger partial charge in [-0.15, -0.1) is 11.3 Å². The normalized spacial score (nSPS) is 15.2. The van der Waals surface area contributed by atoms with Gasteiger partial charge in [-0.25, -0.2) is 0 Å². The van der Waals surface area contributed by atoms with Crippen LogP contribution >= 0.6 is 23.1 Å². The third-order valence-corrected chi connectivity index (χ3v) is 4.89. The fourth-order valence-corrected chi connectivity index (χ4v) is 3.16. The second-order valence-electron chi connectivity index (χ2n) is 3.70. The molecule has 0 aromatic carbocycles. The van der Waals surface area contributed by atoms with Crippen LogP contribution in [0.4, 0.5) is 0 Å². The molecule has 3 N–H and O–H groups in total. The van der Waals surface area contributed by atoms with E-state index in [1.165, 1.54) is 16.9 Å². The number of nitrogens with one attached hydrogen (secondary N) is 1. The fourth-order valence-electron chi connectivity index (χ4n) is 1.36. The summed E-state index contributed by atoms with van der Waals surface area (Å²) < 4.78 is 0. The molecule has 1 aromatic heterocycles. The van der Waals surface area contributed by atoms with Crippen LogP contribution < -0.4 is 11.3 Å². The predicted molar refractivity (Wildman–Crippen MR) is 71.3 cm³/mol. The highest BCUT2D eigenvalue weighted by Gasteiger charge is 2.14. The van der Waals surface area contributed by atoms with E-state index < -0.39 is 0 Å². The molecule has 2 atom stereocenters. The van der Waals surface area contributed by atoms with Crippen molar-refractivity contribution in [1.29, 1.82) is 0 Å². The lowest BCUT2D eigenvalue weighted by Crippen LogP contribution is -2.30. The van der Waals surface area contributed by atoms with Crippen molar-refractivity contribution in [2.24, 2.45) is 5.84 Å². The van der Waals surface area contributed by atoms with Crippen molar-refractivity contribution >= 4 is 23.1 Å². The minimum atomic E-state index is 0.287. The molecular weight excluding hydrogens is 224 g/mol. The molecule has 0 spiro atoms. The van der Waals surface area contributed by atoms with Crippen LogP contribution in [0.3, 0.4) is 0 Å². The Kier molecular flexibility index (Phi) is 5.68. The minimum absolute atomic E-state index is 0.287. The van der Waals surface area contributed by atoms with Gasteiger partial charge in [0.1, 0.15) is 0 Å². The Balaban J connectivity index is 2.53. The van der Waals surface area contributed by atoms with E-state index in [-0.39, 0.29) is 6.04 Å². The van der Waals surface area contributed by atoms with Crippen LogP contribution in [0.25, 0.3) is 0 Å². The second-order valence-corrected chi connectivity index (χ2v) is 6.30. The topological polar surface area (TPSA) is 38.0 Å². The van der Waals surface area contributed by atoms with Crippen LogP contribution in [0.1, 0.15) is 36.8 Å². The predicted octanol–water partition coefficient (Wildman–Crippen LogP) is 3.09. The molecule has 0 radical (unpaired) electrons. The summed E-state index contributed by atoms with van der Waals surface area (Å²) >= 11 is 3.76. The van der Waals surface area contributed by atoms with Crippen LogP contribution in [0.15, 0.2) is 11.4 Å². The molecule has 86 valence electrons. The van der Waals surface area contributed by atoms with Gasteiger partial charge in [-0.3, -0.25) is 11.3 Å². The van der Waals surface area contributed by atoms with Crippen LogP contribution in [-0.4, -0.2) is 11.0 Å². The van der Waals surface area contributed by atoms with E-state index in [1.807, 2.05) is 11.8 Å². The average molecular weight is 244 g/mol. The molecule has 0 amide bonds. The Labute approximate surface area is 101 Å². The zero-order chi connectivity index (χ0) is 11.3. The molecule has 1 heterocycles. The first-order valence-corrected chi connectivity index (χ1v) is 7.23. The lowest BCUT2D eigenvalue weighted by Gasteiger charge is -2.17. The Morgan fingerprint density at radius 1 is 1.60 bits per heavy atom. The van der Waals surface area contributed by atoms with Gasteiger partial charge in [0.25, 0.3) is 0 Å². The minimum Gasteiger partial charge on any atom is -0.271 e. The van der Waals surface area contributed by atoms with Gasteiger partial charge in [-0.05, 0) is 30.4 Å². The van der Waals surface area contributed by atoms with Crippen LogP contribution in [0.5, 0.6) is 0 Å². The van der Waals surface area contributed by atoms with Gasteiger partial charge in [0.2, 0.25) is 0 Å². The Hall–Kier alpha value is -0.0300. The van der Waals surface area contributed by atoms with Gasteiger partial charge in [-0.1, -0.05) is 13.8 Å². The van der Waals surface area contributed by atoms with Crippen molar-refractivity contribution in [3.63, 3.8) is 0 Å². The van der Waals surface area contributed by atoms with Crippen molar-refractivity contribution in [2.45, 2.75) is 38.5 Å². The molecule has 0 fully saturated rings. The number of rotatable bonds is 6. The maximum absolute atomic E-state index is 5.60. The Bertz CT molecular complexity index is 286. The highest BCUT2D eigenvalue weighted by Crippen LogP contribution is 2.26. The lowest BCUT2D eigenvalue weighted by atomic mass is 10.1. The molecule has 15 heavy (non-hydrogen) atoms. The number of hydrogen-bond acceptors (Lipinski definition) is 4. The monoisotopic (exact) mass is 244 g/mol. The number of hydrogen-bond donors (Lipinski definition) is 2. The van der Waals surface area contributed by atoms with E-state index in [4.69, 9.17) is 5.84 Å². The largest absolute Gasteiger partial charge is 0.271 e. The number of thiophene rings is 1. The third kappa shape index (κ3) is 3.79. The van der Waals surface area contributed by atoms with Gasteiger partial charge >= 0.3 is 0 Å². The van der Waals surface area contributed by atoms with E-state index in [0.717, 1.165) is 5.75 Å². The zero-order valence-electron chi connectivity index (χ0n) is 9.62. The molecule has 0 saturated heterocycles. The number of aryl methyl sites for hydroxylation is 1. The van der Waals surface area contributed by atoms with Crippen LogP contribution in [0, 0.1) is 6.92 Å². The van der Waals surface area contributed by atoms with E-state index in [9.17, 15) is 0 Å². The maximum Gasteiger partial charge on any atom is 0.0561 e. The lowest BCUT2D eigenvalue weighted by molar-refractivity contribution is 0.609. The summed E-state index contributed by atoms with van der Waals surface area (Å²) in [7, 11) is 0. The number of thioether (sulfide) groups is 1. The summed E-state index contributed by atoms with van der Waals surface area (Å²) in [5, 5.41) is 2.84. The summed E-state index contributed by atoms with van der Waals surface area (Å²) in [5.41, 5.74) is 4.26. The Morgan fingerprint density at radius 2 is 2.33 bits per heavy atom. The summed E-state index contributed by atoms with van der Waals surface area (Å²) in [6, 6.07) is 2.46. The molecule has 2 unspecified atom stereocenters. The highest BCUT2D eigenvalue weighted by atomic mass is 32.2. The van der Waals surface area contributed by atoms with Crippen molar-refractivity contribution in [3.8, 4) is 0 Å². The number of nitrogens with two attached hydrogens (primary N) is 1. The van der Waals surface area contributed by atoms with Gasteiger partial charge in [-0.2, -0.15) is 11.8 Å². The van der Waals surface area contributed by atoms with Crippen molar-refractivity contribution in [1.82, 2.24) is 5.43 Å². The van der Waals surface area contributed by atoms with Crippen molar-refractivity contribution in [2.75, 3.05) is 5.75 Å². The smallest absolute Gasteiger partial charge is 0.0561 e. The van der Waals surface area contributed by atoms with E-state index in [0.29, 0.717) is 5.25 Å². The fraction of sp³-hybridized carbons (Fsp3) is 0.636. The number of hydrazine groups is 1. The van der Waals surface area contributed by atoms with Gasteiger partial charge in [0.05, 0.1) is 6.04 Å². The molecule has 2 nitrogen and oxygen atoms in total. The van der Waals surface area contributed by atoms with E-state index >= 15 is 0 Å². The summed E-state index contributed by atoms with van der Waals surface area (Å²) in [5.74, 6) is 6.65. The molecule has 0 aliphatic carbocycles. The first-order chi connectivity index (χ1) is 7.19. The van der Waals surface area contributed by atoms with Crippen LogP contribution in [-0.2, 0) is 0 Å². The maximum atomic E-state index is 5.60. The molecule has 0 aliphatic rings. The second kappa shape index (κ2) is 6.53. The molecule has 0 bridgehead atoms. The van der Waals surface area contributed by atoms with Gasteiger partial charge < -0.3 is 0 Å². The molecule has 4 heteroatoms. The SMILES string of the molecule is CCC(C)SCC(NN)c1ccsc1C. The van der Waals surface area contributed by atoms with Gasteiger partial charge in [0.15, 0.2) is 0 Å². The molecule has 0 aliphatic heterocycles. The van der Waals surface area contributed by atoms with Gasteiger partial charge in [0, 0.05) is 15.9 Å². The van der Waals surface area contributed by atoms with Crippen molar-refractivity contribution in [3.05, 3.63) is 21.9 Å². The summed E-state index contributed by atoms with van der Waals surface area (Å²) in [6.07, 6.45) is 1.21. The Morgan fingerprint density at radius 3 is 2.80 bits per heavy atom. The first kappa shape index (κ1) is 13.0. The quantitative estimate of drug-likeness (QED) is 0.596. The molecule has 1 aromatic rings. The molecular formula is C11H20N2S2. The van der Waals surface area contributed by atoms with Crippen LogP contribution in [0.2, 0.25) is 0 Å².